The number of halogens is 5. The van der Waals surface area contributed by atoms with Crippen molar-refractivity contribution in [2.45, 2.75) is 64.0 Å². The molecule has 2 saturated carbocycles. The maximum Gasteiger partial charge on any atom is 0.419 e. The predicted octanol–water partition coefficient (Wildman–Crippen LogP) is 7.85. The molecule has 0 N–H and O–H groups in total. The monoisotopic (exact) mass is 396 g/mol. The van der Waals surface area contributed by atoms with Crippen LogP contribution in [0.15, 0.2) is 24.3 Å². The molecular weight excluding hydrogens is 371 g/mol. The number of benzene rings is 2. The van der Waals surface area contributed by atoms with Gasteiger partial charge in [0.15, 0.2) is 0 Å². The van der Waals surface area contributed by atoms with E-state index >= 15 is 0 Å². The average Bonchev–Trinajstić information content (AvgIpc) is 2.65. The second-order valence-corrected chi connectivity index (χ2v) is 8.61. The minimum Gasteiger partial charge on any atom is -0.206 e. The van der Waals surface area contributed by atoms with E-state index in [0.29, 0.717) is 24.7 Å². The van der Waals surface area contributed by atoms with Gasteiger partial charge >= 0.3 is 6.18 Å². The Labute approximate surface area is 162 Å². The average molecular weight is 396 g/mol. The molecular formula is C23H25F5. The van der Waals surface area contributed by atoms with Gasteiger partial charge in [-0.25, -0.2) is 8.78 Å². The van der Waals surface area contributed by atoms with Crippen LogP contribution in [0.2, 0.25) is 0 Å². The molecule has 0 nitrogen and oxygen atoms in total. The lowest BCUT2D eigenvalue weighted by Crippen LogP contribution is -2.31. The fourth-order valence-corrected chi connectivity index (χ4v) is 5.63. The van der Waals surface area contributed by atoms with Gasteiger partial charge in [-0.2, -0.15) is 13.2 Å². The molecule has 0 amide bonds. The van der Waals surface area contributed by atoms with Crippen molar-refractivity contribution in [3.05, 3.63) is 47.0 Å². The third kappa shape index (κ3) is 3.42. The van der Waals surface area contributed by atoms with Crippen molar-refractivity contribution in [2.24, 2.45) is 17.8 Å². The van der Waals surface area contributed by atoms with Crippen LogP contribution in [0, 0.1) is 29.4 Å². The highest BCUT2D eigenvalue weighted by molar-refractivity contribution is 5.86. The van der Waals surface area contributed by atoms with Crippen molar-refractivity contribution in [3.8, 4) is 0 Å². The first kappa shape index (κ1) is 19.7. The SMILES string of the molecule is CCC1CCC2CC(c3cc4cccc(F)c4c(F)c3C(F)(F)F)CCC2C1. The number of fused-ring (bicyclic) bond motifs is 2. The second-order valence-electron chi connectivity index (χ2n) is 8.61. The lowest BCUT2D eigenvalue weighted by molar-refractivity contribution is -0.140. The van der Waals surface area contributed by atoms with E-state index in [1.165, 1.54) is 18.2 Å². The summed E-state index contributed by atoms with van der Waals surface area (Å²) in [5.41, 5.74) is -1.25. The van der Waals surface area contributed by atoms with Gasteiger partial charge in [0, 0.05) is 0 Å². The Bertz CT molecular complexity index is 869. The second kappa shape index (κ2) is 7.31. The Kier molecular flexibility index (Phi) is 5.13. The van der Waals surface area contributed by atoms with Gasteiger partial charge in [-0.1, -0.05) is 31.9 Å². The molecule has 0 spiro atoms. The molecule has 2 aromatic carbocycles. The highest BCUT2D eigenvalue weighted by atomic mass is 19.4. The van der Waals surface area contributed by atoms with Gasteiger partial charge in [-0.05, 0) is 78.9 Å². The Morgan fingerprint density at radius 1 is 0.964 bits per heavy atom. The summed E-state index contributed by atoms with van der Waals surface area (Å²) in [5.74, 6) is -1.02. The van der Waals surface area contributed by atoms with Crippen LogP contribution in [0.5, 0.6) is 0 Å². The van der Waals surface area contributed by atoms with Crippen molar-refractivity contribution >= 4 is 10.8 Å². The summed E-state index contributed by atoms with van der Waals surface area (Å²) in [6.07, 6.45) is 1.87. The molecule has 4 unspecified atom stereocenters. The largest absolute Gasteiger partial charge is 0.419 e. The summed E-state index contributed by atoms with van der Waals surface area (Å²) in [6, 6.07) is 5.29. The molecule has 0 saturated heterocycles. The van der Waals surface area contributed by atoms with Gasteiger partial charge < -0.3 is 0 Å². The Morgan fingerprint density at radius 2 is 1.68 bits per heavy atom. The van der Waals surface area contributed by atoms with E-state index in [1.54, 1.807) is 0 Å². The number of hydrogen-bond acceptors (Lipinski definition) is 0. The summed E-state index contributed by atoms with van der Waals surface area (Å²) in [6.45, 7) is 2.20. The first-order chi connectivity index (χ1) is 13.3. The molecule has 28 heavy (non-hydrogen) atoms. The minimum absolute atomic E-state index is 0.0131. The topological polar surface area (TPSA) is 0 Å². The van der Waals surface area contributed by atoms with Crippen LogP contribution < -0.4 is 0 Å². The van der Waals surface area contributed by atoms with Gasteiger partial charge in [0.25, 0.3) is 0 Å². The molecule has 2 aliphatic rings. The summed E-state index contributed by atoms with van der Waals surface area (Å²) >= 11 is 0. The van der Waals surface area contributed by atoms with Crippen LogP contribution in [0.4, 0.5) is 22.0 Å². The Hall–Kier alpha value is -1.65. The van der Waals surface area contributed by atoms with E-state index in [0.717, 1.165) is 44.1 Å². The third-order valence-corrected chi connectivity index (χ3v) is 7.11. The van der Waals surface area contributed by atoms with Crippen LogP contribution in [0.3, 0.4) is 0 Å². The number of alkyl halides is 3. The molecule has 0 aromatic heterocycles. The van der Waals surface area contributed by atoms with E-state index in [-0.39, 0.29) is 16.9 Å². The minimum atomic E-state index is -4.84. The molecule has 0 radical (unpaired) electrons. The maximum absolute atomic E-state index is 14.9. The van der Waals surface area contributed by atoms with Gasteiger partial charge in [0.1, 0.15) is 11.6 Å². The molecule has 2 fully saturated rings. The van der Waals surface area contributed by atoms with Gasteiger partial charge in [-0.15, -0.1) is 0 Å². The van der Waals surface area contributed by atoms with Crippen molar-refractivity contribution in [1.82, 2.24) is 0 Å². The maximum atomic E-state index is 14.9. The first-order valence-corrected chi connectivity index (χ1v) is 10.3. The molecule has 2 aromatic rings. The molecule has 4 rings (SSSR count). The van der Waals surface area contributed by atoms with Crippen LogP contribution in [-0.2, 0) is 6.18 Å². The van der Waals surface area contributed by atoms with E-state index in [9.17, 15) is 22.0 Å². The zero-order chi connectivity index (χ0) is 20.1. The molecule has 0 bridgehead atoms. The quantitative estimate of drug-likeness (QED) is 0.454. The third-order valence-electron chi connectivity index (χ3n) is 7.11. The first-order valence-electron chi connectivity index (χ1n) is 10.3. The van der Waals surface area contributed by atoms with Gasteiger partial charge in [-0.3, -0.25) is 0 Å². The summed E-state index contributed by atoms with van der Waals surface area (Å²) in [4.78, 5) is 0. The fraction of sp³-hybridized carbons (Fsp3) is 0.565. The van der Waals surface area contributed by atoms with Crippen LogP contribution >= 0.6 is 0 Å². The predicted molar refractivity (Wildman–Crippen MR) is 100 cm³/mol. The lowest BCUT2D eigenvalue weighted by atomic mass is 9.63. The Morgan fingerprint density at radius 3 is 2.39 bits per heavy atom. The lowest BCUT2D eigenvalue weighted by Gasteiger charge is -2.42. The van der Waals surface area contributed by atoms with Crippen molar-refractivity contribution in [2.75, 3.05) is 0 Å². The molecule has 4 atom stereocenters. The van der Waals surface area contributed by atoms with Crippen molar-refractivity contribution < 1.29 is 22.0 Å². The van der Waals surface area contributed by atoms with E-state index in [2.05, 4.69) is 6.92 Å². The fourth-order valence-electron chi connectivity index (χ4n) is 5.63. The van der Waals surface area contributed by atoms with Gasteiger partial charge in [0.2, 0.25) is 0 Å². The zero-order valence-corrected chi connectivity index (χ0v) is 16.0. The highest BCUT2D eigenvalue weighted by Crippen LogP contribution is 2.51. The summed E-state index contributed by atoms with van der Waals surface area (Å²) in [5, 5.41) is -0.354. The summed E-state index contributed by atoms with van der Waals surface area (Å²) in [7, 11) is 0. The smallest absolute Gasteiger partial charge is 0.206 e. The highest BCUT2D eigenvalue weighted by Gasteiger charge is 2.42. The zero-order valence-electron chi connectivity index (χ0n) is 16.0. The van der Waals surface area contributed by atoms with Crippen molar-refractivity contribution in [3.63, 3.8) is 0 Å². The number of rotatable bonds is 2. The van der Waals surface area contributed by atoms with E-state index < -0.39 is 28.8 Å². The van der Waals surface area contributed by atoms with E-state index in [4.69, 9.17) is 0 Å². The van der Waals surface area contributed by atoms with Gasteiger partial charge in [0.05, 0.1) is 10.9 Å². The van der Waals surface area contributed by atoms with E-state index in [1.807, 2.05) is 0 Å². The summed E-state index contributed by atoms with van der Waals surface area (Å²) < 4.78 is 70.4. The molecule has 5 heteroatoms. The standard InChI is InChI=1S/C23H25F5/c1-2-13-6-7-15-11-16(9-8-14(15)10-13)18-12-17-4-3-5-19(24)20(17)22(25)21(18)23(26,27)28/h3-5,12-16H,2,6-11H2,1H3. The Balaban J connectivity index is 1.74. The number of hydrogen-bond donors (Lipinski definition) is 0. The van der Waals surface area contributed by atoms with Crippen LogP contribution in [-0.4, -0.2) is 0 Å². The molecule has 2 aliphatic carbocycles. The molecule has 0 aliphatic heterocycles. The molecule has 152 valence electrons. The van der Waals surface area contributed by atoms with Crippen LogP contribution in [0.1, 0.15) is 68.9 Å². The normalized spacial score (nSPS) is 28.4. The van der Waals surface area contributed by atoms with Crippen LogP contribution in [0.25, 0.3) is 10.8 Å². The molecule has 0 heterocycles. The van der Waals surface area contributed by atoms with Crippen molar-refractivity contribution in [1.29, 1.82) is 0 Å².